The van der Waals surface area contributed by atoms with Crippen LogP contribution < -0.4 is 0 Å². The van der Waals surface area contributed by atoms with Gasteiger partial charge < -0.3 is 5.11 Å². The largest absolute Gasteiger partial charge is 0.504 e. The minimum absolute atomic E-state index is 0.0200. The molecule has 1 N–H and O–H groups in total. The number of ketones is 2. The van der Waals surface area contributed by atoms with Crippen LogP contribution in [0.15, 0.2) is 34.6 Å². The van der Waals surface area contributed by atoms with E-state index in [1.807, 2.05) is 0 Å². The summed E-state index contributed by atoms with van der Waals surface area (Å²) in [5, 5.41) is 10.8. The molecule has 0 amide bonds. The van der Waals surface area contributed by atoms with Gasteiger partial charge in [-0.15, -0.1) is 0 Å². The third kappa shape index (κ3) is 2.01. The maximum Gasteiger partial charge on any atom is 0.205 e. The molecule has 0 radical (unpaired) electrons. The molecule has 2 saturated carbocycles. The summed E-state index contributed by atoms with van der Waals surface area (Å²) in [7, 11) is 0. The van der Waals surface area contributed by atoms with Gasteiger partial charge >= 0.3 is 0 Å². The van der Waals surface area contributed by atoms with Gasteiger partial charge in [0.15, 0.2) is 11.5 Å². The van der Waals surface area contributed by atoms with E-state index >= 15 is 0 Å². The first-order valence-electron chi connectivity index (χ1n) is 10.9. The molecule has 1 spiro atoms. The van der Waals surface area contributed by atoms with Gasteiger partial charge in [0.1, 0.15) is 0 Å². The highest BCUT2D eigenvalue weighted by atomic mass is 16.3. The van der Waals surface area contributed by atoms with Crippen molar-refractivity contribution in [2.75, 3.05) is 0 Å². The number of hydrogen-bond donors (Lipinski definition) is 1. The number of carbonyl (C=O) groups is 2. The molecule has 2 fully saturated rings. The van der Waals surface area contributed by atoms with Crippen molar-refractivity contribution in [3.8, 4) is 0 Å². The number of hydrogen-bond acceptors (Lipinski definition) is 3. The zero-order valence-corrected chi connectivity index (χ0v) is 18.1. The van der Waals surface area contributed by atoms with Gasteiger partial charge in [-0.25, -0.2) is 0 Å². The van der Waals surface area contributed by atoms with Crippen LogP contribution in [0.3, 0.4) is 0 Å². The Labute approximate surface area is 169 Å². The molecular formula is C25H34O3. The Balaban J connectivity index is 2.09. The molecule has 0 aromatic carbocycles. The molecule has 3 heteroatoms. The normalized spacial score (nSPS) is 44.8. The average Bonchev–Trinajstić information content (AvgIpc) is 2.92. The summed E-state index contributed by atoms with van der Waals surface area (Å²) in [5.41, 5.74) is 1.28. The minimum atomic E-state index is -0.809. The van der Waals surface area contributed by atoms with Crippen LogP contribution in [0.2, 0.25) is 0 Å². The third-order valence-corrected chi connectivity index (χ3v) is 8.84. The first kappa shape index (κ1) is 19.7. The average molecular weight is 383 g/mol. The Kier molecular flexibility index (Phi) is 4.34. The van der Waals surface area contributed by atoms with Gasteiger partial charge in [-0.2, -0.15) is 0 Å². The molecule has 0 heterocycles. The van der Waals surface area contributed by atoms with Crippen LogP contribution in [0.25, 0.3) is 0 Å². The van der Waals surface area contributed by atoms with Crippen LogP contribution >= 0.6 is 0 Å². The lowest BCUT2D eigenvalue weighted by Crippen LogP contribution is -2.69. The molecule has 0 aromatic heterocycles. The number of aliphatic hydroxyl groups is 1. The standard InChI is InChI=1S/C25H34O3/c1-13(2)7-9-19-14(3)11-18-12-15(4)20-10-8-16(5)24(19)23(28)21(26)17(6)22(27)25(18,20)24/h7,11,15-16,18-20,26H,8-10,12H2,1-6H3/t15-,16-,18+,19?,20+,24-,25?/m0/s1. The molecule has 152 valence electrons. The third-order valence-electron chi connectivity index (χ3n) is 8.84. The molecule has 4 aliphatic rings. The van der Waals surface area contributed by atoms with Gasteiger partial charge in [0.25, 0.3) is 0 Å². The van der Waals surface area contributed by atoms with E-state index in [1.165, 1.54) is 11.1 Å². The van der Waals surface area contributed by atoms with Gasteiger partial charge in [-0.05, 0) is 83.0 Å². The van der Waals surface area contributed by atoms with Crippen LogP contribution in [0.5, 0.6) is 0 Å². The summed E-state index contributed by atoms with van der Waals surface area (Å²) in [6.45, 7) is 12.4. The van der Waals surface area contributed by atoms with Gasteiger partial charge in [0.05, 0.1) is 10.8 Å². The molecule has 0 aliphatic heterocycles. The summed E-state index contributed by atoms with van der Waals surface area (Å²) in [6.07, 6.45) is 8.23. The van der Waals surface area contributed by atoms with E-state index in [-0.39, 0.29) is 41.0 Å². The monoisotopic (exact) mass is 382 g/mol. The Morgan fingerprint density at radius 1 is 1.14 bits per heavy atom. The highest BCUT2D eigenvalue weighted by molar-refractivity contribution is 6.17. The van der Waals surface area contributed by atoms with Crippen LogP contribution in [0, 0.1) is 40.4 Å². The number of aliphatic hydroxyl groups excluding tert-OH is 1. The molecule has 0 bridgehead atoms. The molecule has 0 saturated heterocycles. The Hall–Kier alpha value is -1.64. The first-order chi connectivity index (χ1) is 13.1. The zero-order chi connectivity index (χ0) is 20.6. The van der Waals surface area contributed by atoms with Crippen molar-refractivity contribution in [1.82, 2.24) is 0 Å². The van der Waals surface area contributed by atoms with Crippen molar-refractivity contribution in [1.29, 1.82) is 0 Å². The summed E-state index contributed by atoms with van der Waals surface area (Å²) >= 11 is 0. The fraction of sp³-hybridized carbons (Fsp3) is 0.680. The van der Waals surface area contributed by atoms with Crippen LogP contribution in [-0.4, -0.2) is 16.7 Å². The van der Waals surface area contributed by atoms with E-state index in [0.717, 1.165) is 25.7 Å². The SMILES string of the molecule is CC(C)=CCC1C(C)=C[C@@H]2C[C@H](C)[C@H]3CC[C@H](C)[C@@]14C(=O)C(O)=C(C)C(=O)C234. The quantitative estimate of drug-likeness (QED) is 0.635. The van der Waals surface area contributed by atoms with E-state index < -0.39 is 10.8 Å². The fourth-order valence-corrected chi connectivity index (χ4v) is 7.89. The van der Waals surface area contributed by atoms with Crippen LogP contribution in [0.1, 0.15) is 67.2 Å². The number of Topliss-reactive ketones (excluding diaryl/α,β-unsaturated/α-hetero) is 2. The maximum absolute atomic E-state index is 14.0. The van der Waals surface area contributed by atoms with E-state index in [4.69, 9.17) is 0 Å². The molecule has 3 nitrogen and oxygen atoms in total. The number of allylic oxidation sites excluding steroid dienone is 6. The fourth-order valence-electron chi connectivity index (χ4n) is 7.89. The summed E-state index contributed by atoms with van der Waals surface area (Å²) in [4.78, 5) is 28.0. The minimum Gasteiger partial charge on any atom is -0.504 e. The zero-order valence-electron chi connectivity index (χ0n) is 18.1. The van der Waals surface area contributed by atoms with Crippen molar-refractivity contribution in [2.45, 2.75) is 67.2 Å². The van der Waals surface area contributed by atoms with Gasteiger partial charge in [-0.3, -0.25) is 9.59 Å². The molecule has 28 heavy (non-hydrogen) atoms. The second-order valence-corrected chi connectivity index (χ2v) is 10.3. The van der Waals surface area contributed by atoms with Crippen molar-refractivity contribution < 1.29 is 14.7 Å². The molecule has 2 unspecified atom stereocenters. The maximum atomic E-state index is 14.0. The molecule has 4 aliphatic carbocycles. The van der Waals surface area contributed by atoms with Gasteiger partial charge in [-0.1, -0.05) is 37.1 Å². The molecule has 0 aromatic rings. The van der Waals surface area contributed by atoms with E-state index in [9.17, 15) is 14.7 Å². The molecule has 7 atom stereocenters. The van der Waals surface area contributed by atoms with E-state index in [0.29, 0.717) is 11.5 Å². The number of carbonyl (C=O) groups excluding carboxylic acids is 2. The summed E-state index contributed by atoms with van der Waals surface area (Å²) < 4.78 is 0. The van der Waals surface area contributed by atoms with Crippen LogP contribution in [-0.2, 0) is 9.59 Å². The second-order valence-electron chi connectivity index (χ2n) is 10.3. The van der Waals surface area contributed by atoms with Crippen molar-refractivity contribution in [3.63, 3.8) is 0 Å². The summed E-state index contributed by atoms with van der Waals surface area (Å²) in [5.74, 6) is 0.466. The number of rotatable bonds is 2. The topological polar surface area (TPSA) is 54.4 Å². The first-order valence-corrected chi connectivity index (χ1v) is 10.9. The summed E-state index contributed by atoms with van der Waals surface area (Å²) in [6, 6.07) is 0. The lowest BCUT2D eigenvalue weighted by atomic mass is 9.35. The Bertz CT molecular complexity index is 840. The van der Waals surface area contributed by atoms with Gasteiger partial charge in [0, 0.05) is 5.57 Å². The van der Waals surface area contributed by atoms with Crippen molar-refractivity contribution >= 4 is 11.6 Å². The van der Waals surface area contributed by atoms with Crippen molar-refractivity contribution in [2.24, 2.45) is 40.4 Å². The van der Waals surface area contributed by atoms with Gasteiger partial charge in [0.2, 0.25) is 5.78 Å². The lowest BCUT2D eigenvalue weighted by Gasteiger charge is -2.65. The van der Waals surface area contributed by atoms with E-state index in [2.05, 4.69) is 46.8 Å². The lowest BCUT2D eigenvalue weighted by molar-refractivity contribution is -0.183. The predicted molar refractivity (Wildman–Crippen MR) is 111 cm³/mol. The Morgan fingerprint density at radius 2 is 1.82 bits per heavy atom. The highest BCUT2D eigenvalue weighted by Gasteiger charge is 2.78. The molecule has 4 rings (SSSR count). The second kappa shape index (κ2) is 6.18. The molecular weight excluding hydrogens is 348 g/mol. The highest BCUT2D eigenvalue weighted by Crippen LogP contribution is 2.75. The smallest absolute Gasteiger partial charge is 0.205 e. The van der Waals surface area contributed by atoms with Crippen LogP contribution in [0.4, 0.5) is 0 Å². The predicted octanol–water partition coefficient (Wildman–Crippen LogP) is 5.58. The van der Waals surface area contributed by atoms with E-state index in [1.54, 1.807) is 6.92 Å². The van der Waals surface area contributed by atoms with Crippen molar-refractivity contribution in [3.05, 3.63) is 34.6 Å². The Morgan fingerprint density at radius 3 is 2.46 bits per heavy atom.